The van der Waals surface area contributed by atoms with Gasteiger partial charge >= 0.3 is 0 Å². The van der Waals surface area contributed by atoms with E-state index in [1.54, 1.807) is 0 Å². The number of carbonyl (C=O) groups excluding carboxylic acids is 2. The zero-order chi connectivity index (χ0) is 18.8. The zero-order valence-corrected chi connectivity index (χ0v) is 14.9. The minimum atomic E-state index is -0.690. The molecular formula is C17H21N5O4. The van der Waals surface area contributed by atoms with Gasteiger partial charge in [-0.2, -0.15) is 4.52 Å². The summed E-state index contributed by atoms with van der Waals surface area (Å²) in [6.07, 6.45) is 1.82. The fourth-order valence-corrected chi connectivity index (χ4v) is 3.21. The maximum atomic E-state index is 12.9. The lowest BCUT2D eigenvalue weighted by atomic mass is 9.96. The van der Waals surface area contributed by atoms with Gasteiger partial charge in [0.25, 0.3) is 11.5 Å². The van der Waals surface area contributed by atoms with E-state index >= 15 is 0 Å². The molecule has 0 unspecified atom stereocenters. The molecule has 1 aliphatic carbocycles. The normalized spacial score (nSPS) is 16.7. The van der Waals surface area contributed by atoms with E-state index in [1.807, 2.05) is 20.8 Å². The number of anilines is 1. The van der Waals surface area contributed by atoms with Crippen LogP contribution in [0.3, 0.4) is 0 Å². The van der Waals surface area contributed by atoms with E-state index in [9.17, 15) is 19.5 Å². The zero-order valence-electron chi connectivity index (χ0n) is 14.9. The molecule has 0 aromatic carbocycles. The smallest absolute Gasteiger partial charge is 0.291 e. The molecule has 26 heavy (non-hydrogen) atoms. The van der Waals surface area contributed by atoms with Gasteiger partial charge in [-0.15, -0.1) is 5.10 Å². The van der Waals surface area contributed by atoms with E-state index < -0.39 is 17.3 Å². The average molecular weight is 359 g/mol. The SMILES string of the molecule is CC(C)(C)Cn1c(O)c(C(=O)NC2CC2)c(=O)n2nc3c(c12)CC(=O)N3. The number of rotatable bonds is 3. The quantitative estimate of drug-likeness (QED) is 0.743. The van der Waals surface area contributed by atoms with Crippen LogP contribution in [0.5, 0.6) is 5.88 Å². The minimum Gasteiger partial charge on any atom is -0.494 e. The summed E-state index contributed by atoms with van der Waals surface area (Å²) in [6.45, 7) is 6.28. The van der Waals surface area contributed by atoms with Crippen molar-refractivity contribution in [2.24, 2.45) is 5.41 Å². The summed E-state index contributed by atoms with van der Waals surface area (Å²) < 4.78 is 2.62. The molecule has 9 nitrogen and oxygen atoms in total. The van der Waals surface area contributed by atoms with E-state index in [4.69, 9.17) is 0 Å². The van der Waals surface area contributed by atoms with Crippen molar-refractivity contribution < 1.29 is 14.7 Å². The van der Waals surface area contributed by atoms with E-state index in [1.165, 1.54) is 4.57 Å². The first-order chi connectivity index (χ1) is 12.2. The van der Waals surface area contributed by atoms with Crippen molar-refractivity contribution in [1.82, 2.24) is 19.5 Å². The fraction of sp³-hybridized carbons (Fsp3) is 0.529. The molecule has 1 fully saturated rings. The fourth-order valence-electron chi connectivity index (χ4n) is 3.21. The summed E-state index contributed by atoms with van der Waals surface area (Å²) >= 11 is 0. The Morgan fingerprint density at radius 1 is 1.35 bits per heavy atom. The van der Waals surface area contributed by atoms with E-state index in [2.05, 4.69) is 15.7 Å². The number of nitrogens with one attached hydrogen (secondary N) is 2. The number of aromatic nitrogens is 3. The van der Waals surface area contributed by atoms with Crippen LogP contribution in [0.1, 0.15) is 49.5 Å². The lowest BCUT2D eigenvalue weighted by Gasteiger charge is -2.23. The summed E-state index contributed by atoms with van der Waals surface area (Å²) in [6, 6.07) is 0.0509. The van der Waals surface area contributed by atoms with Crippen molar-refractivity contribution in [1.29, 1.82) is 0 Å². The van der Waals surface area contributed by atoms with Gasteiger partial charge in [-0.25, -0.2) is 0 Å². The van der Waals surface area contributed by atoms with Gasteiger partial charge in [-0.3, -0.25) is 19.0 Å². The molecule has 2 amide bonds. The highest BCUT2D eigenvalue weighted by Crippen LogP contribution is 2.31. The monoisotopic (exact) mass is 359 g/mol. The Hall–Kier alpha value is -2.84. The van der Waals surface area contributed by atoms with Crippen molar-refractivity contribution in [2.45, 2.75) is 52.6 Å². The highest BCUT2D eigenvalue weighted by Gasteiger charge is 2.33. The summed E-state index contributed by atoms with van der Waals surface area (Å²) in [5.74, 6) is -0.902. The van der Waals surface area contributed by atoms with Gasteiger partial charge in [0, 0.05) is 18.2 Å². The van der Waals surface area contributed by atoms with Crippen molar-refractivity contribution in [2.75, 3.05) is 5.32 Å². The lowest BCUT2D eigenvalue weighted by molar-refractivity contribution is -0.115. The average Bonchev–Trinajstić information content (AvgIpc) is 3.14. The molecule has 2 aliphatic rings. The van der Waals surface area contributed by atoms with Crippen LogP contribution in [0.4, 0.5) is 5.82 Å². The Bertz CT molecular complexity index is 1010. The van der Waals surface area contributed by atoms with Gasteiger partial charge in [-0.1, -0.05) is 20.8 Å². The number of hydrogen-bond acceptors (Lipinski definition) is 5. The molecule has 1 aliphatic heterocycles. The maximum absolute atomic E-state index is 12.9. The molecule has 0 spiro atoms. The Labute approximate surface area is 149 Å². The van der Waals surface area contributed by atoms with Crippen LogP contribution in [0, 0.1) is 5.41 Å². The first-order valence-electron chi connectivity index (χ1n) is 8.64. The van der Waals surface area contributed by atoms with E-state index in [-0.39, 0.29) is 29.3 Å². The van der Waals surface area contributed by atoms with Gasteiger partial charge in [0.05, 0.1) is 6.42 Å². The predicted octanol–water partition coefficient (Wildman–Crippen LogP) is 0.634. The number of hydrogen-bond donors (Lipinski definition) is 3. The molecule has 0 saturated heterocycles. The van der Waals surface area contributed by atoms with Crippen LogP contribution >= 0.6 is 0 Å². The van der Waals surface area contributed by atoms with Crippen LogP contribution in [-0.2, 0) is 17.8 Å². The van der Waals surface area contributed by atoms with Crippen molar-refractivity contribution in [3.8, 4) is 5.88 Å². The van der Waals surface area contributed by atoms with Gasteiger partial charge in [0.1, 0.15) is 5.65 Å². The summed E-state index contributed by atoms with van der Waals surface area (Å²) in [7, 11) is 0. The van der Waals surface area contributed by atoms with Crippen LogP contribution in [0.15, 0.2) is 4.79 Å². The van der Waals surface area contributed by atoms with E-state index in [0.29, 0.717) is 23.6 Å². The molecule has 3 heterocycles. The predicted molar refractivity (Wildman–Crippen MR) is 93.4 cm³/mol. The third-order valence-corrected chi connectivity index (χ3v) is 4.46. The molecule has 1 saturated carbocycles. The van der Waals surface area contributed by atoms with Crippen molar-refractivity contribution in [3.63, 3.8) is 0 Å². The number of fused-ring (bicyclic) bond motifs is 3. The van der Waals surface area contributed by atoms with Gasteiger partial charge in [0.2, 0.25) is 11.8 Å². The summed E-state index contributed by atoms with van der Waals surface area (Å²) in [5, 5.41) is 20.3. The molecule has 138 valence electrons. The van der Waals surface area contributed by atoms with E-state index in [0.717, 1.165) is 17.4 Å². The van der Waals surface area contributed by atoms with Crippen LogP contribution < -0.4 is 16.2 Å². The Morgan fingerprint density at radius 2 is 2.04 bits per heavy atom. The third-order valence-electron chi connectivity index (χ3n) is 4.46. The summed E-state index contributed by atoms with van der Waals surface area (Å²) in [4.78, 5) is 37.1. The third kappa shape index (κ3) is 2.63. The number of nitrogens with zero attached hydrogens (tertiary/aromatic N) is 3. The number of carbonyl (C=O) groups is 2. The molecule has 0 bridgehead atoms. The van der Waals surface area contributed by atoms with Gasteiger partial charge in [0.15, 0.2) is 11.4 Å². The standard InChI is InChI=1S/C17H21N5O4/c1-17(2,3)7-21-14-9-6-10(23)19-12(9)20-22(14)16(26)11(15(21)25)13(24)18-8-4-5-8/h8,25H,4-7H2,1-3H3,(H,18,24)(H,19,20,23). The van der Waals surface area contributed by atoms with Crippen LogP contribution in [-0.4, -0.2) is 37.1 Å². The Morgan fingerprint density at radius 3 is 2.65 bits per heavy atom. The van der Waals surface area contributed by atoms with Crippen molar-refractivity contribution >= 4 is 23.3 Å². The second-order valence-corrected chi connectivity index (χ2v) is 8.19. The second kappa shape index (κ2) is 5.33. The topological polar surface area (TPSA) is 118 Å². The number of aromatic hydroxyl groups is 1. The molecule has 2 aromatic heterocycles. The number of amides is 2. The van der Waals surface area contributed by atoms with Crippen molar-refractivity contribution in [3.05, 3.63) is 21.5 Å². The largest absolute Gasteiger partial charge is 0.494 e. The maximum Gasteiger partial charge on any atom is 0.291 e. The molecule has 2 aromatic rings. The van der Waals surface area contributed by atoms with Gasteiger partial charge in [-0.05, 0) is 18.3 Å². The minimum absolute atomic E-state index is 0.0509. The molecule has 0 radical (unpaired) electrons. The Kier molecular flexibility index (Phi) is 3.40. The van der Waals surface area contributed by atoms with Crippen LogP contribution in [0.25, 0.3) is 5.65 Å². The lowest BCUT2D eigenvalue weighted by Crippen LogP contribution is -2.35. The summed E-state index contributed by atoms with van der Waals surface area (Å²) in [5.41, 5.74) is -0.352. The highest BCUT2D eigenvalue weighted by atomic mass is 16.3. The molecular weight excluding hydrogens is 338 g/mol. The first-order valence-corrected chi connectivity index (χ1v) is 8.64. The highest BCUT2D eigenvalue weighted by molar-refractivity contribution is 6.01. The van der Waals surface area contributed by atoms with Gasteiger partial charge < -0.3 is 15.7 Å². The molecule has 4 rings (SSSR count). The molecule has 0 atom stereocenters. The second-order valence-electron chi connectivity index (χ2n) is 8.19. The Balaban J connectivity index is 1.98. The molecule has 3 N–H and O–H groups in total. The molecule has 9 heteroatoms. The van der Waals surface area contributed by atoms with Crippen LogP contribution in [0.2, 0.25) is 0 Å². The first kappa shape index (κ1) is 16.6.